The summed E-state index contributed by atoms with van der Waals surface area (Å²) in [6.07, 6.45) is -12.7. The molecule has 100 heavy (non-hydrogen) atoms. The maximum atomic E-state index is 12.9. The van der Waals surface area contributed by atoms with E-state index >= 15 is 0 Å². The lowest BCUT2D eigenvalue weighted by atomic mass is 10.0. The molecule has 6 atom stereocenters. The number of rotatable bonds is 69. The molecule has 0 spiro atoms. The van der Waals surface area contributed by atoms with Crippen molar-refractivity contribution in [1.82, 2.24) is 0 Å². The Balaban J connectivity index is 1.83. The van der Waals surface area contributed by atoms with E-state index in [1.165, 1.54) is 6.92 Å². The molecule has 36 heteroatoms. The number of aryl methyl sites for hydroxylation is 1. The van der Waals surface area contributed by atoms with Gasteiger partial charge < -0.3 is 129 Å². The van der Waals surface area contributed by atoms with Crippen LogP contribution in [0.1, 0.15) is 74.2 Å². The number of aliphatic hydroxyl groups is 3. The third-order valence-corrected chi connectivity index (χ3v) is 12.2. The molecular formula is C64H104O36. The number of carbonyl (C=O) groups excluding carboxylic acids is 9. The molecule has 0 aliphatic heterocycles. The maximum absolute atomic E-state index is 12.9. The lowest BCUT2D eigenvalue weighted by Gasteiger charge is -2.30. The summed E-state index contributed by atoms with van der Waals surface area (Å²) in [4.78, 5) is 109. The van der Waals surface area contributed by atoms with Crippen LogP contribution in [0.15, 0.2) is 18.2 Å². The molecule has 1 aromatic rings. The number of aldehydes is 2. The number of ether oxygens (including phenoxy) is 24. The summed E-state index contributed by atoms with van der Waals surface area (Å²) < 4.78 is 127. The first-order chi connectivity index (χ1) is 48.2. The summed E-state index contributed by atoms with van der Waals surface area (Å²) in [6.45, 7) is 18.3. The monoisotopic (exact) mass is 1450 g/mol. The summed E-state index contributed by atoms with van der Waals surface area (Å²) >= 11 is 0. The Kier molecular flexibility index (Phi) is 56.8. The molecule has 0 aliphatic carbocycles. The summed E-state index contributed by atoms with van der Waals surface area (Å²) in [5.74, 6) is -9.37. The quantitative estimate of drug-likeness (QED) is 0.0237. The lowest BCUT2D eigenvalue weighted by molar-refractivity contribution is -0.436. The van der Waals surface area contributed by atoms with Gasteiger partial charge in [0.2, 0.25) is 0 Å². The predicted molar refractivity (Wildman–Crippen MR) is 338 cm³/mol. The Labute approximate surface area is 581 Å². The number of benzene rings is 1. The van der Waals surface area contributed by atoms with E-state index in [-0.39, 0.29) is 52.0 Å². The molecule has 0 radical (unpaired) electrons. The van der Waals surface area contributed by atoms with Gasteiger partial charge in [0.25, 0.3) is 0 Å². The third kappa shape index (κ3) is 50.4. The summed E-state index contributed by atoms with van der Waals surface area (Å²) in [5, 5.41) is 28.8. The van der Waals surface area contributed by atoms with Gasteiger partial charge in [0.1, 0.15) is 24.9 Å². The topological polar surface area (TPSA) is 436 Å². The lowest BCUT2D eigenvalue weighted by Crippen LogP contribution is -2.53. The van der Waals surface area contributed by atoms with Crippen molar-refractivity contribution in [2.75, 3.05) is 225 Å². The highest BCUT2D eigenvalue weighted by Gasteiger charge is 2.52. The summed E-state index contributed by atoms with van der Waals surface area (Å²) in [7, 11) is 0. The molecule has 0 saturated heterocycles. The van der Waals surface area contributed by atoms with E-state index in [0.29, 0.717) is 215 Å². The molecule has 0 aromatic heterocycles. The van der Waals surface area contributed by atoms with Crippen LogP contribution in [-0.2, 0) is 154 Å². The Morgan fingerprint density at radius 3 is 0.860 bits per heavy atom. The standard InChI is InChI=1S/C64H104O36/c1-48(67)58(71)97-64(98-59(72)49(2)68,99-60(73)50(3)69)100-63(76)53(6)96-62(75)52(5)95-61(74)51(4)93-43-41-91-39-37-89-35-33-87-31-29-85-27-25-83-23-21-81-19-17-79-15-13-77-11-12-78-14-16-80-18-20-82-22-24-84-26-28-86-30-32-88-34-36-90-38-40-92-42-44-94-57(70)10-8-54-7-9-55(46-65)56(45-54)47-66/h7,9,45-53,67-69H,8,10-44H2,1-6H3. The van der Waals surface area contributed by atoms with Crippen LogP contribution < -0.4 is 0 Å². The van der Waals surface area contributed by atoms with E-state index in [2.05, 4.69) is 14.2 Å². The molecular weight excluding hydrogens is 1340 g/mol. The largest absolute Gasteiger partial charge is 0.620 e. The zero-order valence-corrected chi connectivity index (χ0v) is 58.1. The van der Waals surface area contributed by atoms with Gasteiger partial charge >= 0.3 is 47.9 Å². The van der Waals surface area contributed by atoms with Gasteiger partial charge in [0.15, 0.2) is 30.9 Å². The summed E-state index contributed by atoms with van der Waals surface area (Å²) in [6, 6.07) is 4.85. The minimum absolute atomic E-state index is 0.0408. The maximum Gasteiger partial charge on any atom is 0.620 e. The normalized spacial score (nSPS) is 13.8. The van der Waals surface area contributed by atoms with Crippen LogP contribution in [0.5, 0.6) is 0 Å². The highest BCUT2D eigenvalue weighted by atomic mass is 17.0. The molecule has 0 amide bonds. The SMILES string of the molecule is CC(O)C(=O)OC(OC(=O)C(C)O)(OC(=O)C(C)O)OC(=O)C(C)OC(=O)C(C)OC(=O)C(C)OCCOCCOCCOCCOCCOCCOCCOCCOCCOCCOCCOCCOCCOCCOCCOCCOCCOC(=O)CCc1ccc(C=O)c(C=O)c1. The van der Waals surface area contributed by atoms with Crippen molar-refractivity contribution >= 4 is 54.4 Å². The molecule has 1 aromatic carbocycles. The minimum Gasteiger partial charge on any atom is -0.463 e. The molecule has 0 aliphatic rings. The van der Waals surface area contributed by atoms with Gasteiger partial charge in [-0.3, -0.25) is 14.4 Å². The number of carbonyl (C=O) groups is 9. The van der Waals surface area contributed by atoms with E-state index in [9.17, 15) is 58.5 Å². The zero-order valence-electron chi connectivity index (χ0n) is 58.1. The molecule has 576 valence electrons. The van der Waals surface area contributed by atoms with Crippen molar-refractivity contribution in [1.29, 1.82) is 0 Å². The Morgan fingerprint density at radius 1 is 0.330 bits per heavy atom. The predicted octanol–water partition coefficient (Wildman–Crippen LogP) is -0.752. The fraction of sp³-hybridized carbons (Fsp3) is 0.766. The second-order valence-electron chi connectivity index (χ2n) is 20.6. The number of hydrogen-bond donors (Lipinski definition) is 3. The van der Waals surface area contributed by atoms with E-state index in [0.717, 1.165) is 40.2 Å². The van der Waals surface area contributed by atoms with E-state index < -0.39 is 78.6 Å². The van der Waals surface area contributed by atoms with Gasteiger partial charge in [0.05, 0.1) is 218 Å². The van der Waals surface area contributed by atoms with Crippen molar-refractivity contribution < 1.29 is 172 Å². The first-order valence-electron chi connectivity index (χ1n) is 32.7. The van der Waals surface area contributed by atoms with Crippen LogP contribution in [0.4, 0.5) is 0 Å². The van der Waals surface area contributed by atoms with Crippen molar-refractivity contribution in [3.8, 4) is 0 Å². The first kappa shape index (κ1) is 92.1. The second kappa shape index (κ2) is 61.7. The number of esters is 7. The Bertz CT molecular complexity index is 2270. The van der Waals surface area contributed by atoms with Gasteiger partial charge in [-0.15, -0.1) is 0 Å². The Hall–Kier alpha value is -5.95. The highest BCUT2D eigenvalue weighted by Crippen LogP contribution is 2.23. The molecule has 0 bridgehead atoms. The number of aliphatic hydroxyl groups excluding tert-OH is 3. The van der Waals surface area contributed by atoms with E-state index in [1.54, 1.807) is 18.2 Å². The number of hydrogen-bond acceptors (Lipinski definition) is 36. The van der Waals surface area contributed by atoms with Crippen molar-refractivity contribution in [2.45, 2.75) is 97.2 Å². The van der Waals surface area contributed by atoms with Crippen molar-refractivity contribution in [3.05, 3.63) is 34.9 Å². The minimum atomic E-state index is -3.75. The molecule has 0 heterocycles. The molecule has 1 rings (SSSR count). The fourth-order valence-electron chi connectivity index (χ4n) is 6.87. The van der Waals surface area contributed by atoms with Gasteiger partial charge in [-0.1, -0.05) is 12.1 Å². The zero-order chi connectivity index (χ0) is 73.7. The van der Waals surface area contributed by atoms with Crippen molar-refractivity contribution in [3.63, 3.8) is 0 Å². The smallest absolute Gasteiger partial charge is 0.463 e. The average Bonchev–Trinajstić information content (AvgIpc) is 0.816. The van der Waals surface area contributed by atoms with Gasteiger partial charge in [0, 0.05) is 17.5 Å². The van der Waals surface area contributed by atoms with Crippen LogP contribution in [0.2, 0.25) is 0 Å². The van der Waals surface area contributed by atoms with Crippen LogP contribution in [-0.4, -0.2) is 337 Å². The van der Waals surface area contributed by atoms with E-state index in [1.807, 2.05) is 0 Å². The van der Waals surface area contributed by atoms with Crippen LogP contribution in [0, 0.1) is 0 Å². The molecule has 6 unspecified atom stereocenters. The van der Waals surface area contributed by atoms with Crippen molar-refractivity contribution in [2.24, 2.45) is 0 Å². The molecule has 36 nitrogen and oxygen atoms in total. The van der Waals surface area contributed by atoms with Gasteiger partial charge in [-0.2, -0.15) is 0 Å². The third-order valence-electron chi connectivity index (χ3n) is 12.2. The molecule has 0 fully saturated rings. The highest BCUT2D eigenvalue weighted by molar-refractivity contribution is 5.90. The van der Waals surface area contributed by atoms with Gasteiger partial charge in [-0.05, 0) is 59.6 Å². The first-order valence-corrected chi connectivity index (χ1v) is 32.7. The summed E-state index contributed by atoms with van der Waals surface area (Å²) in [5.41, 5.74) is 1.37. The van der Waals surface area contributed by atoms with Crippen LogP contribution in [0.3, 0.4) is 0 Å². The Morgan fingerprint density at radius 2 is 0.580 bits per heavy atom. The fourth-order valence-corrected chi connectivity index (χ4v) is 6.87. The van der Waals surface area contributed by atoms with Gasteiger partial charge in [-0.25, -0.2) is 28.8 Å². The second-order valence-corrected chi connectivity index (χ2v) is 20.6. The van der Waals surface area contributed by atoms with Crippen LogP contribution in [0.25, 0.3) is 0 Å². The van der Waals surface area contributed by atoms with Crippen LogP contribution >= 0.6 is 0 Å². The van der Waals surface area contributed by atoms with E-state index in [4.69, 9.17) is 99.5 Å². The average molecular weight is 1450 g/mol. The molecule has 0 saturated carbocycles. The molecule has 3 N–H and O–H groups in total.